The first-order chi connectivity index (χ1) is 21.7. The Hall–Kier alpha value is -4.55. The van der Waals surface area contributed by atoms with E-state index in [1.54, 1.807) is 0 Å². The predicted octanol–water partition coefficient (Wildman–Crippen LogP) is 10.3. The van der Waals surface area contributed by atoms with Crippen LogP contribution in [-0.4, -0.2) is 6.16 Å². The van der Waals surface area contributed by atoms with Gasteiger partial charge in [0.05, 0.1) is 10.3 Å². The Kier molecular flexibility index (Phi) is 9.28. The highest BCUT2D eigenvalue weighted by molar-refractivity contribution is 7.36. The fourth-order valence-electron chi connectivity index (χ4n) is 5.74. The fourth-order valence-corrected chi connectivity index (χ4v) is 8.09. The minimum atomic E-state index is -0.707. The zero-order valence-electron chi connectivity index (χ0n) is 24.0. The molecule has 0 N–H and O–H groups in total. The van der Waals surface area contributed by atoms with Crippen molar-refractivity contribution in [1.29, 1.82) is 0 Å². The third kappa shape index (κ3) is 5.95. The largest absolute Gasteiger partial charge is 0.513 e. The third-order valence-corrected chi connectivity index (χ3v) is 10.7. The highest BCUT2D eigenvalue weighted by atomic mass is 31.1. The normalized spacial score (nSPS) is 12.0. The van der Waals surface area contributed by atoms with E-state index in [2.05, 4.69) is 72.8 Å². The van der Waals surface area contributed by atoms with Crippen LogP contribution < -0.4 is 0 Å². The summed E-state index contributed by atoms with van der Waals surface area (Å²) in [4.78, 5) is 13.7. The SMILES string of the molecule is O=C(OPC(c1ccccc1)(c1ccccc1)c1ccccc1)OPC(c1ccccc1)(c1ccccc1)c1ccccc1. The van der Waals surface area contributed by atoms with E-state index in [4.69, 9.17) is 9.05 Å². The molecule has 2 atom stereocenters. The van der Waals surface area contributed by atoms with Crippen LogP contribution in [0.15, 0.2) is 182 Å². The number of rotatable bonds is 10. The molecule has 0 spiro atoms. The lowest BCUT2D eigenvalue weighted by Gasteiger charge is -2.36. The van der Waals surface area contributed by atoms with Gasteiger partial charge in [-0.15, -0.1) is 0 Å². The Morgan fingerprint density at radius 1 is 0.341 bits per heavy atom. The van der Waals surface area contributed by atoms with Crippen molar-refractivity contribution in [2.75, 3.05) is 0 Å². The summed E-state index contributed by atoms with van der Waals surface area (Å²) in [6.07, 6.45) is -0.694. The molecular formula is C39H32O3P2. The Bertz CT molecular complexity index is 1420. The standard InChI is InChI=1S/C39H32O3P2/c40-37(41-43-38(31-19-7-1-8-20-31,32-21-9-2-10-22-32)33-23-11-3-12-24-33)42-44-39(34-25-13-4-14-26-34,35-27-15-5-16-28-35)36-29-17-6-18-30-36/h1-30,43-44H. The van der Waals surface area contributed by atoms with Crippen LogP contribution in [0, 0.1) is 0 Å². The van der Waals surface area contributed by atoms with E-state index < -0.39 is 16.5 Å². The molecule has 0 heterocycles. The summed E-state index contributed by atoms with van der Waals surface area (Å²) >= 11 is 0. The predicted molar refractivity (Wildman–Crippen MR) is 183 cm³/mol. The Balaban J connectivity index is 1.36. The number of hydrogen-bond acceptors (Lipinski definition) is 3. The van der Waals surface area contributed by atoms with Gasteiger partial charge in [0.1, 0.15) is 17.6 Å². The lowest BCUT2D eigenvalue weighted by molar-refractivity contribution is 0.163. The van der Waals surface area contributed by atoms with Crippen molar-refractivity contribution in [3.63, 3.8) is 0 Å². The van der Waals surface area contributed by atoms with E-state index >= 15 is 0 Å². The first kappa shape index (κ1) is 29.5. The van der Waals surface area contributed by atoms with Crippen molar-refractivity contribution in [1.82, 2.24) is 0 Å². The maximum absolute atomic E-state index is 13.7. The van der Waals surface area contributed by atoms with E-state index in [0.29, 0.717) is 0 Å². The van der Waals surface area contributed by atoms with Crippen LogP contribution in [0.3, 0.4) is 0 Å². The average Bonchev–Trinajstić information content (AvgIpc) is 3.12. The van der Waals surface area contributed by atoms with Gasteiger partial charge in [-0.25, -0.2) is 4.79 Å². The van der Waals surface area contributed by atoms with Crippen LogP contribution >= 0.6 is 17.6 Å². The molecule has 216 valence electrons. The summed E-state index contributed by atoms with van der Waals surface area (Å²) in [6.45, 7) is 0. The second kappa shape index (κ2) is 13.8. The average molecular weight is 611 g/mol. The minimum absolute atomic E-state index is 0.271. The molecule has 6 aromatic rings. The first-order valence-corrected chi connectivity index (χ1v) is 16.3. The molecule has 6 aromatic carbocycles. The molecule has 0 amide bonds. The topological polar surface area (TPSA) is 35.5 Å². The van der Waals surface area contributed by atoms with Gasteiger partial charge < -0.3 is 9.05 Å². The zero-order valence-corrected chi connectivity index (χ0v) is 26.0. The van der Waals surface area contributed by atoms with Gasteiger partial charge in [0.25, 0.3) is 0 Å². The van der Waals surface area contributed by atoms with E-state index in [-0.39, 0.29) is 17.6 Å². The first-order valence-electron chi connectivity index (χ1n) is 14.5. The molecule has 5 heteroatoms. The van der Waals surface area contributed by atoms with Crippen LogP contribution in [0.25, 0.3) is 0 Å². The van der Waals surface area contributed by atoms with Gasteiger partial charge in [0.15, 0.2) is 0 Å². The molecule has 6 rings (SSSR count). The maximum Gasteiger partial charge on any atom is 0.513 e. The highest BCUT2D eigenvalue weighted by Gasteiger charge is 2.41. The summed E-state index contributed by atoms with van der Waals surface area (Å²) in [7, 11) is -0.542. The molecular weight excluding hydrogens is 578 g/mol. The Morgan fingerprint density at radius 3 is 0.705 bits per heavy atom. The van der Waals surface area contributed by atoms with Crippen LogP contribution in [0.5, 0.6) is 0 Å². The molecule has 0 radical (unpaired) electrons. The van der Waals surface area contributed by atoms with Crippen LogP contribution in [0.1, 0.15) is 33.4 Å². The molecule has 0 aromatic heterocycles. The minimum Gasteiger partial charge on any atom is -0.415 e. The van der Waals surface area contributed by atoms with E-state index in [1.165, 1.54) is 0 Å². The second-order valence-corrected chi connectivity index (χ2v) is 12.7. The summed E-state index contributed by atoms with van der Waals surface area (Å²) < 4.78 is 12.3. The van der Waals surface area contributed by atoms with Gasteiger partial charge in [-0.2, -0.15) is 0 Å². The molecule has 0 aliphatic rings. The summed E-state index contributed by atoms with van der Waals surface area (Å²) in [5.41, 5.74) is 6.24. The van der Waals surface area contributed by atoms with Crippen molar-refractivity contribution in [3.8, 4) is 0 Å². The summed E-state index contributed by atoms with van der Waals surface area (Å²) in [5.74, 6) is 0. The van der Waals surface area contributed by atoms with Gasteiger partial charge >= 0.3 is 6.16 Å². The van der Waals surface area contributed by atoms with Crippen molar-refractivity contribution in [3.05, 3.63) is 215 Å². The lowest BCUT2D eigenvalue weighted by atomic mass is 9.84. The molecule has 0 aliphatic carbocycles. The summed E-state index contributed by atoms with van der Waals surface area (Å²) in [5, 5.41) is -1.41. The van der Waals surface area contributed by atoms with Crippen LogP contribution in [0.4, 0.5) is 4.79 Å². The molecule has 0 fully saturated rings. The second-order valence-electron chi connectivity index (χ2n) is 10.4. The molecule has 0 saturated carbocycles. The fraction of sp³-hybridized carbons (Fsp3) is 0.0513. The van der Waals surface area contributed by atoms with Crippen molar-refractivity contribution in [2.45, 2.75) is 10.3 Å². The number of benzene rings is 6. The molecule has 0 bridgehead atoms. The van der Waals surface area contributed by atoms with Crippen molar-refractivity contribution < 1.29 is 13.8 Å². The van der Waals surface area contributed by atoms with Crippen LogP contribution in [-0.2, 0) is 19.4 Å². The lowest BCUT2D eigenvalue weighted by Crippen LogP contribution is -2.26. The molecule has 44 heavy (non-hydrogen) atoms. The maximum atomic E-state index is 13.7. The van der Waals surface area contributed by atoms with Gasteiger partial charge in [0.2, 0.25) is 0 Å². The van der Waals surface area contributed by atoms with Gasteiger partial charge in [0, 0.05) is 0 Å². The van der Waals surface area contributed by atoms with Crippen LogP contribution in [0.2, 0.25) is 0 Å². The quantitative estimate of drug-likeness (QED) is 0.114. The smallest absolute Gasteiger partial charge is 0.415 e. The van der Waals surface area contributed by atoms with E-state index in [0.717, 1.165) is 33.4 Å². The molecule has 3 nitrogen and oxygen atoms in total. The Labute approximate surface area is 262 Å². The van der Waals surface area contributed by atoms with Crippen molar-refractivity contribution >= 4 is 23.8 Å². The number of carbonyl (C=O) groups is 1. The van der Waals surface area contributed by atoms with Gasteiger partial charge in [-0.3, -0.25) is 0 Å². The third-order valence-electron chi connectivity index (χ3n) is 7.82. The molecule has 2 unspecified atom stereocenters. The van der Waals surface area contributed by atoms with E-state index in [1.807, 2.05) is 109 Å². The summed E-state index contributed by atoms with van der Waals surface area (Å²) in [6, 6.07) is 61.4. The zero-order chi connectivity index (χ0) is 30.1. The molecule has 0 saturated heterocycles. The van der Waals surface area contributed by atoms with Gasteiger partial charge in [-0.05, 0) is 33.4 Å². The van der Waals surface area contributed by atoms with Gasteiger partial charge in [-0.1, -0.05) is 182 Å². The number of hydrogen-bond donors (Lipinski definition) is 0. The molecule has 0 aliphatic heterocycles. The number of carbonyl (C=O) groups excluding carboxylic acids is 1. The highest BCUT2D eigenvalue weighted by Crippen LogP contribution is 2.55. The Morgan fingerprint density at radius 2 is 0.523 bits per heavy atom. The van der Waals surface area contributed by atoms with E-state index in [9.17, 15) is 4.79 Å². The monoisotopic (exact) mass is 610 g/mol. The van der Waals surface area contributed by atoms with Crippen molar-refractivity contribution in [2.24, 2.45) is 0 Å².